The van der Waals surface area contributed by atoms with E-state index in [9.17, 15) is 9.90 Å². The molecule has 0 bridgehead atoms. The van der Waals surface area contributed by atoms with Gasteiger partial charge in [-0.15, -0.1) is 11.3 Å². The van der Waals surface area contributed by atoms with Crippen molar-refractivity contribution in [1.29, 1.82) is 0 Å². The summed E-state index contributed by atoms with van der Waals surface area (Å²) in [6.07, 6.45) is 2.64. The molecule has 0 amide bonds. The zero-order valence-electron chi connectivity index (χ0n) is 12.9. The Bertz CT molecular complexity index is 467. The van der Waals surface area contributed by atoms with Crippen molar-refractivity contribution >= 4 is 17.3 Å². The molecule has 0 radical (unpaired) electrons. The maximum atomic E-state index is 11.4. The first-order valence-electron chi connectivity index (χ1n) is 7.44. The lowest BCUT2D eigenvalue weighted by atomic mass is 9.91. The summed E-state index contributed by atoms with van der Waals surface area (Å²) in [6.45, 7) is 7.01. The molecule has 1 aromatic rings. The molecule has 1 aliphatic rings. The van der Waals surface area contributed by atoms with Crippen molar-refractivity contribution in [3.8, 4) is 0 Å². The predicted octanol–water partition coefficient (Wildman–Crippen LogP) is 2.01. The summed E-state index contributed by atoms with van der Waals surface area (Å²) in [4.78, 5) is 19.4. The molecule has 1 unspecified atom stereocenters. The van der Waals surface area contributed by atoms with Crippen LogP contribution >= 0.6 is 11.3 Å². The van der Waals surface area contributed by atoms with Gasteiger partial charge in [0.15, 0.2) is 6.10 Å². The number of nitrogens with zero attached hydrogens (tertiary/aromatic N) is 2. The standard InChI is InChI=1S/C15H24N2O3S/c1-10(2)14-16-8-12(21-14)9-17-6-4-11(5-7-17)13(18)15(19)20-3/h8,10-11,13,18H,4-7,9H2,1-3H3. The van der Waals surface area contributed by atoms with E-state index in [1.807, 2.05) is 6.20 Å². The van der Waals surface area contributed by atoms with E-state index < -0.39 is 12.1 Å². The molecule has 21 heavy (non-hydrogen) atoms. The molecule has 2 heterocycles. The minimum Gasteiger partial charge on any atom is -0.467 e. The van der Waals surface area contributed by atoms with Crippen LogP contribution in [0.3, 0.4) is 0 Å². The van der Waals surface area contributed by atoms with Crippen LogP contribution in [0.2, 0.25) is 0 Å². The van der Waals surface area contributed by atoms with E-state index in [2.05, 4.69) is 28.5 Å². The lowest BCUT2D eigenvalue weighted by Gasteiger charge is -2.32. The van der Waals surface area contributed by atoms with Crippen LogP contribution < -0.4 is 0 Å². The minimum absolute atomic E-state index is 0.0152. The SMILES string of the molecule is COC(=O)C(O)C1CCN(Cc2cnc(C(C)C)s2)CC1. The molecule has 118 valence electrons. The van der Waals surface area contributed by atoms with Crippen molar-refractivity contribution in [3.05, 3.63) is 16.1 Å². The Balaban J connectivity index is 1.82. The van der Waals surface area contributed by atoms with Crippen LogP contribution in [-0.2, 0) is 16.1 Å². The Kier molecular flexibility index (Phi) is 5.72. The summed E-state index contributed by atoms with van der Waals surface area (Å²) < 4.78 is 4.60. The first-order chi connectivity index (χ1) is 10.0. The van der Waals surface area contributed by atoms with E-state index in [0.29, 0.717) is 5.92 Å². The van der Waals surface area contributed by atoms with Crippen molar-refractivity contribution in [2.45, 2.75) is 45.3 Å². The van der Waals surface area contributed by atoms with E-state index in [1.54, 1.807) is 11.3 Å². The Morgan fingerprint density at radius 3 is 2.71 bits per heavy atom. The first kappa shape index (κ1) is 16.4. The zero-order valence-corrected chi connectivity index (χ0v) is 13.7. The highest BCUT2D eigenvalue weighted by atomic mass is 32.1. The van der Waals surface area contributed by atoms with Gasteiger partial charge in [0.05, 0.1) is 12.1 Å². The number of thiazole rings is 1. The fraction of sp³-hybridized carbons (Fsp3) is 0.733. The van der Waals surface area contributed by atoms with Crippen LogP contribution in [0.15, 0.2) is 6.20 Å². The van der Waals surface area contributed by atoms with E-state index in [4.69, 9.17) is 0 Å². The van der Waals surface area contributed by atoms with Gasteiger partial charge in [-0.1, -0.05) is 13.8 Å². The quantitative estimate of drug-likeness (QED) is 0.843. The number of piperidine rings is 1. The van der Waals surface area contributed by atoms with E-state index in [-0.39, 0.29) is 5.92 Å². The number of esters is 1. The molecule has 1 saturated heterocycles. The van der Waals surface area contributed by atoms with Crippen molar-refractivity contribution in [1.82, 2.24) is 9.88 Å². The lowest BCUT2D eigenvalue weighted by molar-refractivity contribution is -0.154. The van der Waals surface area contributed by atoms with Gasteiger partial charge in [-0.3, -0.25) is 4.90 Å². The molecule has 1 aliphatic heterocycles. The minimum atomic E-state index is -0.979. The largest absolute Gasteiger partial charge is 0.467 e. The summed E-state index contributed by atoms with van der Waals surface area (Å²) in [5, 5.41) is 11.1. The van der Waals surface area contributed by atoms with E-state index in [1.165, 1.54) is 17.0 Å². The maximum Gasteiger partial charge on any atom is 0.334 e. The highest BCUT2D eigenvalue weighted by Gasteiger charge is 2.30. The van der Waals surface area contributed by atoms with Gasteiger partial charge >= 0.3 is 5.97 Å². The fourth-order valence-corrected chi connectivity index (χ4v) is 3.59. The molecular formula is C15H24N2O3S. The molecule has 5 nitrogen and oxygen atoms in total. The normalized spacial score (nSPS) is 18.9. The number of carbonyl (C=O) groups is 1. The molecule has 1 aromatic heterocycles. The first-order valence-corrected chi connectivity index (χ1v) is 8.25. The highest BCUT2D eigenvalue weighted by Crippen LogP contribution is 2.26. The Morgan fingerprint density at radius 2 is 2.19 bits per heavy atom. The number of carbonyl (C=O) groups excluding carboxylic acids is 1. The molecule has 0 spiro atoms. The van der Waals surface area contributed by atoms with Gasteiger partial charge in [-0.05, 0) is 31.8 Å². The molecule has 1 N–H and O–H groups in total. The zero-order chi connectivity index (χ0) is 15.4. The molecule has 0 aliphatic carbocycles. The fourth-order valence-electron chi connectivity index (χ4n) is 2.62. The second-order valence-corrected chi connectivity index (χ2v) is 7.05. The van der Waals surface area contributed by atoms with Crippen molar-refractivity contribution < 1.29 is 14.6 Å². The summed E-state index contributed by atoms with van der Waals surface area (Å²) in [7, 11) is 1.32. The third-order valence-electron chi connectivity index (χ3n) is 3.97. The Hall–Kier alpha value is -0.980. The monoisotopic (exact) mass is 312 g/mol. The van der Waals surface area contributed by atoms with Crippen LogP contribution in [0.4, 0.5) is 0 Å². The van der Waals surface area contributed by atoms with Gasteiger partial charge in [0, 0.05) is 23.5 Å². The van der Waals surface area contributed by atoms with Gasteiger partial charge in [0.1, 0.15) is 0 Å². The number of hydrogen-bond acceptors (Lipinski definition) is 6. The molecule has 1 fully saturated rings. The van der Waals surface area contributed by atoms with Gasteiger partial charge < -0.3 is 9.84 Å². The second kappa shape index (κ2) is 7.33. The molecule has 0 aromatic carbocycles. The van der Waals surface area contributed by atoms with Gasteiger partial charge in [-0.2, -0.15) is 0 Å². The number of aliphatic hydroxyl groups excluding tert-OH is 1. The third kappa shape index (κ3) is 4.25. The van der Waals surface area contributed by atoms with Crippen LogP contribution in [0.5, 0.6) is 0 Å². The number of methoxy groups -OCH3 is 1. The van der Waals surface area contributed by atoms with E-state index >= 15 is 0 Å². The van der Waals surface area contributed by atoms with Crippen LogP contribution in [0.1, 0.15) is 42.5 Å². The average Bonchev–Trinajstić information content (AvgIpc) is 2.95. The summed E-state index contributed by atoms with van der Waals surface area (Å²) in [6, 6.07) is 0. The number of likely N-dealkylation sites (tertiary alicyclic amines) is 1. The lowest BCUT2D eigenvalue weighted by Crippen LogP contribution is -2.40. The third-order valence-corrected chi connectivity index (χ3v) is 5.25. The van der Waals surface area contributed by atoms with E-state index in [0.717, 1.165) is 32.5 Å². The molecule has 2 rings (SSSR count). The van der Waals surface area contributed by atoms with Crippen molar-refractivity contribution in [3.63, 3.8) is 0 Å². The summed E-state index contributed by atoms with van der Waals surface area (Å²) >= 11 is 1.77. The maximum absolute atomic E-state index is 11.4. The molecular weight excluding hydrogens is 288 g/mol. The van der Waals surface area contributed by atoms with Crippen LogP contribution in [0.25, 0.3) is 0 Å². The van der Waals surface area contributed by atoms with Crippen LogP contribution in [-0.4, -0.2) is 47.3 Å². The van der Waals surface area contributed by atoms with Gasteiger partial charge in [-0.25, -0.2) is 9.78 Å². The second-order valence-electron chi connectivity index (χ2n) is 5.90. The Labute approximate surface area is 129 Å². The number of ether oxygens (including phenoxy) is 1. The van der Waals surface area contributed by atoms with Crippen LogP contribution in [0, 0.1) is 5.92 Å². The molecule has 6 heteroatoms. The topological polar surface area (TPSA) is 62.7 Å². The number of aromatic nitrogens is 1. The average molecular weight is 312 g/mol. The number of rotatable bonds is 5. The van der Waals surface area contributed by atoms with Crippen molar-refractivity contribution in [2.75, 3.05) is 20.2 Å². The Morgan fingerprint density at radius 1 is 1.52 bits per heavy atom. The summed E-state index contributed by atoms with van der Waals surface area (Å²) in [5.74, 6) is -0.0245. The number of aliphatic hydroxyl groups is 1. The van der Waals surface area contributed by atoms with Gasteiger partial charge in [0.25, 0.3) is 0 Å². The van der Waals surface area contributed by atoms with Crippen molar-refractivity contribution in [2.24, 2.45) is 5.92 Å². The molecule has 1 atom stereocenters. The number of hydrogen-bond donors (Lipinski definition) is 1. The molecule has 0 saturated carbocycles. The summed E-state index contributed by atoms with van der Waals surface area (Å²) in [5.41, 5.74) is 0. The smallest absolute Gasteiger partial charge is 0.334 e. The van der Waals surface area contributed by atoms with Gasteiger partial charge in [0.2, 0.25) is 0 Å². The highest BCUT2D eigenvalue weighted by molar-refractivity contribution is 7.11. The predicted molar refractivity (Wildman–Crippen MR) is 82.2 cm³/mol.